The van der Waals surface area contributed by atoms with E-state index in [1.807, 2.05) is 0 Å². The van der Waals surface area contributed by atoms with Crippen LogP contribution >= 0.6 is 0 Å². The minimum Gasteiger partial charge on any atom is -0.507 e. The molecule has 0 bridgehead atoms. The third kappa shape index (κ3) is 2.32. The maximum atomic E-state index is 13.0. The van der Waals surface area contributed by atoms with Crippen molar-refractivity contribution < 1.29 is 33.7 Å². The molecule has 3 rings (SSSR count). The van der Waals surface area contributed by atoms with Crippen LogP contribution in [0.3, 0.4) is 0 Å². The van der Waals surface area contributed by atoms with Crippen LogP contribution in [0.25, 0.3) is 0 Å². The Morgan fingerprint density at radius 2 is 1.58 bits per heavy atom. The van der Waals surface area contributed by atoms with Crippen LogP contribution in [0, 0.1) is 6.92 Å². The van der Waals surface area contributed by atoms with Crippen LogP contribution in [0.1, 0.15) is 47.8 Å². The van der Waals surface area contributed by atoms with E-state index in [0.717, 1.165) is 0 Å². The predicted octanol–water partition coefficient (Wildman–Crippen LogP) is 2.28. The second kappa shape index (κ2) is 6.18. The van der Waals surface area contributed by atoms with Gasteiger partial charge in [0.25, 0.3) is 0 Å². The summed E-state index contributed by atoms with van der Waals surface area (Å²) in [6.07, 6.45) is 0. The van der Waals surface area contributed by atoms with Gasteiger partial charge in [-0.3, -0.25) is 9.59 Å². The first kappa shape index (κ1) is 17.5. The molecule has 2 aromatic rings. The maximum Gasteiger partial charge on any atom is 0.341 e. The molecule has 0 aromatic heterocycles. The highest BCUT2D eigenvalue weighted by molar-refractivity contribution is 6.30. The number of hydrogen-bond donors (Lipinski definition) is 1. The Morgan fingerprint density at radius 3 is 2.15 bits per heavy atom. The molecule has 7 nitrogen and oxygen atoms in total. The van der Waals surface area contributed by atoms with E-state index in [0.29, 0.717) is 0 Å². The second-order valence-electron chi connectivity index (χ2n) is 5.72. The number of hydrogen-bond acceptors (Lipinski definition) is 7. The molecular formula is C19H16O7. The number of esters is 1. The van der Waals surface area contributed by atoms with Crippen molar-refractivity contribution in [2.75, 3.05) is 21.3 Å². The quantitative estimate of drug-likeness (QED) is 0.719. The predicted molar refractivity (Wildman–Crippen MR) is 90.6 cm³/mol. The van der Waals surface area contributed by atoms with Crippen molar-refractivity contribution in [2.45, 2.75) is 6.92 Å². The average Bonchev–Trinajstić information content (AvgIpc) is 2.63. The van der Waals surface area contributed by atoms with Gasteiger partial charge in [-0.15, -0.1) is 0 Å². The number of fused-ring (bicyclic) bond motifs is 2. The summed E-state index contributed by atoms with van der Waals surface area (Å²) in [7, 11) is 3.95. The first-order chi connectivity index (χ1) is 12.3. The van der Waals surface area contributed by atoms with Crippen molar-refractivity contribution in [3.63, 3.8) is 0 Å². The lowest BCUT2D eigenvalue weighted by atomic mass is 9.80. The van der Waals surface area contributed by atoms with E-state index in [4.69, 9.17) is 14.2 Å². The number of ether oxygens (including phenoxy) is 3. The van der Waals surface area contributed by atoms with Gasteiger partial charge in [-0.05, 0) is 24.6 Å². The number of carbonyl (C=O) groups is 3. The topological polar surface area (TPSA) is 99.1 Å². The minimum absolute atomic E-state index is 0.0339. The van der Waals surface area contributed by atoms with Crippen LogP contribution < -0.4 is 9.47 Å². The SMILES string of the molecule is COC(=O)c1c(OC)cc2c(c1C)C(=O)c1c(O)cc(OC)cc1C2=O. The van der Waals surface area contributed by atoms with E-state index in [1.165, 1.54) is 46.5 Å². The molecule has 26 heavy (non-hydrogen) atoms. The molecule has 0 aliphatic heterocycles. The van der Waals surface area contributed by atoms with Gasteiger partial charge in [0.2, 0.25) is 0 Å². The van der Waals surface area contributed by atoms with E-state index in [-0.39, 0.29) is 50.6 Å². The standard InChI is InChI=1S/C19H16O7/c1-8-14-11(7-13(25-3)15(8)19(23)26-4)17(21)10-5-9(24-2)6-12(20)16(10)18(14)22/h5-7,20H,1-4H3. The number of benzene rings is 2. The highest BCUT2D eigenvalue weighted by Gasteiger charge is 2.37. The van der Waals surface area contributed by atoms with E-state index < -0.39 is 17.5 Å². The molecule has 0 amide bonds. The van der Waals surface area contributed by atoms with Gasteiger partial charge in [-0.1, -0.05) is 0 Å². The van der Waals surface area contributed by atoms with Crippen molar-refractivity contribution in [3.8, 4) is 17.2 Å². The van der Waals surface area contributed by atoms with Crippen LogP contribution in [-0.4, -0.2) is 44.0 Å². The first-order valence-corrected chi connectivity index (χ1v) is 7.66. The fourth-order valence-corrected chi connectivity index (χ4v) is 3.18. The molecule has 0 heterocycles. The lowest BCUT2D eigenvalue weighted by Crippen LogP contribution is -2.24. The number of phenols is 1. The third-order valence-electron chi connectivity index (χ3n) is 4.42. The Morgan fingerprint density at radius 1 is 0.923 bits per heavy atom. The van der Waals surface area contributed by atoms with Crippen molar-refractivity contribution in [3.05, 3.63) is 51.6 Å². The number of methoxy groups -OCH3 is 3. The molecule has 1 aliphatic rings. The summed E-state index contributed by atoms with van der Waals surface area (Å²) in [5, 5.41) is 10.2. The molecule has 7 heteroatoms. The summed E-state index contributed by atoms with van der Waals surface area (Å²) in [6.45, 7) is 1.53. The second-order valence-corrected chi connectivity index (χ2v) is 5.72. The van der Waals surface area contributed by atoms with E-state index in [2.05, 4.69) is 0 Å². The smallest absolute Gasteiger partial charge is 0.341 e. The molecule has 1 aliphatic carbocycles. The zero-order valence-electron chi connectivity index (χ0n) is 14.6. The Balaban J connectivity index is 2.36. The van der Waals surface area contributed by atoms with Crippen LogP contribution in [0.15, 0.2) is 18.2 Å². The molecule has 2 aromatic carbocycles. The summed E-state index contributed by atoms with van der Waals surface area (Å²) in [6, 6.07) is 4.00. The van der Waals surface area contributed by atoms with E-state index in [1.54, 1.807) is 0 Å². The van der Waals surface area contributed by atoms with Crippen LogP contribution in [0.2, 0.25) is 0 Å². The summed E-state index contributed by atoms with van der Waals surface area (Å²) >= 11 is 0. The monoisotopic (exact) mass is 356 g/mol. The Kier molecular flexibility index (Phi) is 4.15. The van der Waals surface area contributed by atoms with Gasteiger partial charge in [0.1, 0.15) is 22.8 Å². The molecular weight excluding hydrogens is 340 g/mol. The highest BCUT2D eigenvalue weighted by atomic mass is 16.5. The Hall–Kier alpha value is -3.35. The molecule has 0 fully saturated rings. The van der Waals surface area contributed by atoms with Gasteiger partial charge in [-0.25, -0.2) is 4.79 Å². The first-order valence-electron chi connectivity index (χ1n) is 7.66. The zero-order valence-corrected chi connectivity index (χ0v) is 14.6. The largest absolute Gasteiger partial charge is 0.507 e. The average molecular weight is 356 g/mol. The van der Waals surface area contributed by atoms with Gasteiger partial charge in [-0.2, -0.15) is 0 Å². The van der Waals surface area contributed by atoms with Crippen molar-refractivity contribution in [2.24, 2.45) is 0 Å². The van der Waals surface area contributed by atoms with E-state index in [9.17, 15) is 19.5 Å². The van der Waals surface area contributed by atoms with E-state index >= 15 is 0 Å². The Labute approximate surface area is 149 Å². The molecule has 0 saturated heterocycles. The third-order valence-corrected chi connectivity index (χ3v) is 4.42. The number of rotatable bonds is 3. The fraction of sp³-hybridized carbons (Fsp3) is 0.211. The number of ketones is 2. The van der Waals surface area contributed by atoms with Gasteiger partial charge >= 0.3 is 5.97 Å². The molecule has 0 spiro atoms. The van der Waals surface area contributed by atoms with Crippen LogP contribution in [-0.2, 0) is 4.74 Å². The minimum atomic E-state index is -0.688. The molecule has 0 atom stereocenters. The summed E-state index contributed by atoms with van der Waals surface area (Å²) in [5.74, 6) is -1.70. The Bertz CT molecular complexity index is 973. The molecule has 134 valence electrons. The van der Waals surface area contributed by atoms with Gasteiger partial charge < -0.3 is 19.3 Å². The molecule has 0 unspecified atom stereocenters. The van der Waals surface area contributed by atoms with Gasteiger partial charge in [0.15, 0.2) is 11.6 Å². The number of aromatic hydroxyl groups is 1. The lowest BCUT2D eigenvalue weighted by molar-refractivity contribution is 0.0595. The zero-order chi connectivity index (χ0) is 19.2. The molecule has 1 N–H and O–H groups in total. The summed E-state index contributed by atoms with van der Waals surface area (Å²) in [5.41, 5.74) is 0.372. The van der Waals surface area contributed by atoms with Crippen molar-refractivity contribution in [1.29, 1.82) is 0 Å². The number of carbonyl (C=O) groups excluding carboxylic acids is 3. The lowest BCUT2D eigenvalue weighted by Gasteiger charge is -2.23. The number of phenolic OH excluding ortho intramolecular Hbond substituents is 1. The van der Waals surface area contributed by atoms with Gasteiger partial charge in [0.05, 0.1) is 26.9 Å². The fourth-order valence-electron chi connectivity index (χ4n) is 3.18. The van der Waals surface area contributed by atoms with Crippen LogP contribution in [0.5, 0.6) is 17.2 Å². The summed E-state index contributed by atoms with van der Waals surface area (Å²) < 4.78 is 15.0. The highest BCUT2D eigenvalue weighted by Crippen LogP contribution is 2.40. The molecule has 0 saturated carbocycles. The van der Waals surface area contributed by atoms with Crippen LogP contribution in [0.4, 0.5) is 0 Å². The van der Waals surface area contributed by atoms with Crippen molar-refractivity contribution in [1.82, 2.24) is 0 Å². The maximum absolute atomic E-state index is 13.0. The summed E-state index contributed by atoms with van der Waals surface area (Å²) in [4.78, 5) is 38.1. The van der Waals surface area contributed by atoms with Gasteiger partial charge in [0, 0.05) is 22.8 Å². The normalized spacial score (nSPS) is 12.3. The van der Waals surface area contributed by atoms with Crippen molar-refractivity contribution >= 4 is 17.5 Å². The molecule has 0 radical (unpaired) electrons.